The van der Waals surface area contributed by atoms with E-state index in [-0.39, 0.29) is 18.1 Å². The summed E-state index contributed by atoms with van der Waals surface area (Å²) in [5.41, 5.74) is 4.21. The molecule has 1 aliphatic rings. The highest BCUT2D eigenvalue weighted by molar-refractivity contribution is 7.99. The third kappa shape index (κ3) is 8.99. The Morgan fingerprint density at radius 1 is 0.939 bits per heavy atom. The molecule has 1 saturated heterocycles. The number of rotatable bonds is 12. The number of morpholine rings is 1. The quantitative estimate of drug-likeness (QED) is 0.117. The van der Waals surface area contributed by atoms with Gasteiger partial charge < -0.3 is 25.4 Å². The molecule has 10 heteroatoms. The van der Waals surface area contributed by atoms with Crippen LogP contribution in [0, 0.1) is 0 Å². The van der Waals surface area contributed by atoms with Gasteiger partial charge in [-0.3, -0.25) is 9.78 Å². The number of hydrogen-bond acceptors (Lipinski definition) is 7. The Labute approximate surface area is 296 Å². The number of aryl methyl sites for hydroxylation is 1. The van der Waals surface area contributed by atoms with Crippen molar-refractivity contribution < 1.29 is 19.1 Å². The average Bonchev–Trinajstić information content (AvgIpc) is 3.14. The first-order valence-electron chi connectivity index (χ1n) is 16.3. The number of ether oxygens (including phenoxy) is 2. The minimum atomic E-state index is -1.00. The Kier molecular flexibility index (Phi) is 11.8. The summed E-state index contributed by atoms with van der Waals surface area (Å²) >= 11 is 7.79. The summed E-state index contributed by atoms with van der Waals surface area (Å²) in [6.07, 6.45) is 2.63. The summed E-state index contributed by atoms with van der Waals surface area (Å²) in [5.74, 6) is -0.0611. The number of fused-ring (bicyclic) bond motifs is 1. The number of halogens is 1. The summed E-state index contributed by atoms with van der Waals surface area (Å²) in [4.78, 5) is 32.8. The van der Waals surface area contributed by atoms with Crippen LogP contribution >= 0.6 is 23.4 Å². The number of anilines is 1. The summed E-state index contributed by atoms with van der Waals surface area (Å²) in [5, 5.41) is 11.2. The first-order valence-corrected chi connectivity index (χ1v) is 17.7. The van der Waals surface area contributed by atoms with Gasteiger partial charge in [-0.05, 0) is 72.0 Å². The minimum absolute atomic E-state index is 0.0319. The third-order valence-corrected chi connectivity index (χ3v) is 10.0. The lowest BCUT2D eigenvalue weighted by Gasteiger charge is -2.31. The van der Waals surface area contributed by atoms with Gasteiger partial charge >= 0.3 is 6.09 Å². The smallest absolute Gasteiger partial charge is 0.407 e. The molecule has 252 valence electrons. The Morgan fingerprint density at radius 2 is 1.67 bits per heavy atom. The maximum Gasteiger partial charge on any atom is 0.407 e. The van der Waals surface area contributed by atoms with Crippen LogP contribution in [-0.4, -0.2) is 61.2 Å². The molecule has 0 unspecified atom stereocenters. The Bertz CT molecular complexity index is 1850. The predicted octanol–water partition coefficient (Wildman–Crippen LogP) is 7.47. The number of para-hydroxylation sites is 2. The first kappa shape index (κ1) is 34.5. The van der Waals surface area contributed by atoms with E-state index in [9.17, 15) is 9.59 Å². The predicted molar refractivity (Wildman–Crippen MR) is 196 cm³/mol. The molecule has 3 N–H and O–H groups in total. The molecule has 2 heterocycles. The van der Waals surface area contributed by atoms with Crippen LogP contribution in [0.25, 0.3) is 10.9 Å². The third-order valence-electron chi connectivity index (χ3n) is 8.64. The van der Waals surface area contributed by atoms with Crippen LogP contribution < -0.4 is 16.0 Å². The number of thioether (sulfide) groups is 1. The number of methoxy groups -OCH3 is 1. The fourth-order valence-electron chi connectivity index (χ4n) is 6.24. The molecule has 6 rings (SSSR count). The van der Waals surface area contributed by atoms with Gasteiger partial charge in [-0.15, -0.1) is 11.8 Å². The maximum atomic E-state index is 14.4. The molecule has 0 saturated carbocycles. The lowest BCUT2D eigenvalue weighted by molar-refractivity contribution is -0.118. The highest BCUT2D eigenvalue weighted by atomic mass is 35.5. The number of carbonyl (C=O) groups is 2. The number of aromatic nitrogens is 1. The molecule has 1 aromatic heterocycles. The van der Waals surface area contributed by atoms with Gasteiger partial charge in [-0.2, -0.15) is 0 Å². The van der Waals surface area contributed by atoms with E-state index in [1.54, 1.807) is 18.0 Å². The van der Waals surface area contributed by atoms with E-state index in [0.717, 1.165) is 62.8 Å². The normalized spacial score (nSPS) is 17.2. The van der Waals surface area contributed by atoms with Crippen molar-refractivity contribution in [2.75, 3.05) is 31.3 Å². The summed E-state index contributed by atoms with van der Waals surface area (Å²) in [7, 11) is 1.29. The molecule has 8 nitrogen and oxygen atoms in total. The van der Waals surface area contributed by atoms with Crippen LogP contribution in [0.3, 0.4) is 0 Å². The molecule has 0 bridgehead atoms. The van der Waals surface area contributed by atoms with Crippen molar-refractivity contribution in [3.63, 3.8) is 0 Å². The van der Waals surface area contributed by atoms with Gasteiger partial charge in [-0.25, -0.2) is 4.79 Å². The number of amides is 2. The average molecular weight is 695 g/mol. The zero-order valence-corrected chi connectivity index (χ0v) is 28.8. The molecule has 0 aliphatic carbocycles. The summed E-state index contributed by atoms with van der Waals surface area (Å²) in [6, 6.07) is 34.1. The maximum absolute atomic E-state index is 14.4. The second-order valence-corrected chi connectivity index (χ2v) is 13.4. The van der Waals surface area contributed by atoms with Crippen molar-refractivity contribution in [1.82, 2.24) is 15.6 Å². The lowest BCUT2D eigenvalue weighted by Crippen LogP contribution is -2.48. The van der Waals surface area contributed by atoms with Crippen LogP contribution in [0.4, 0.5) is 10.5 Å². The van der Waals surface area contributed by atoms with E-state index in [4.69, 9.17) is 21.1 Å². The Morgan fingerprint density at radius 3 is 2.49 bits per heavy atom. The van der Waals surface area contributed by atoms with E-state index < -0.39 is 18.1 Å². The van der Waals surface area contributed by atoms with Gasteiger partial charge in [-0.1, -0.05) is 78.3 Å². The number of carbonyl (C=O) groups excluding carboxylic acids is 2. The highest BCUT2D eigenvalue weighted by Gasteiger charge is 2.34. The van der Waals surface area contributed by atoms with Crippen LogP contribution in [0.15, 0.2) is 120 Å². The zero-order valence-electron chi connectivity index (χ0n) is 27.2. The van der Waals surface area contributed by atoms with Crippen molar-refractivity contribution in [2.24, 2.45) is 0 Å². The molecule has 0 spiro atoms. The SMILES string of the molecule is COC(=O)N[C@H](C(=O)Nc1ccccc1CC[C@@H]1CNC[C@@H](CSc2ccc(Cl)cc2)O1)[C@@H](c1ccccc1)c1ccnc2ccccc12. The molecule has 49 heavy (non-hydrogen) atoms. The summed E-state index contributed by atoms with van der Waals surface area (Å²) < 4.78 is 11.5. The lowest BCUT2D eigenvalue weighted by atomic mass is 9.83. The number of nitrogens with one attached hydrogen (secondary N) is 3. The van der Waals surface area contributed by atoms with Crippen LogP contribution in [0.1, 0.15) is 29.0 Å². The van der Waals surface area contributed by atoms with Crippen molar-refractivity contribution in [3.8, 4) is 0 Å². The summed E-state index contributed by atoms with van der Waals surface area (Å²) in [6.45, 7) is 1.56. The van der Waals surface area contributed by atoms with Gasteiger partial charge in [0.05, 0.1) is 24.8 Å². The van der Waals surface area contributed by atoms with E-state index in [0.29, 0.717) is 12.1 Å². The molecule has 1 aliphatic heterocycles. The molecule has 1 fully saturated rings. The largest absolute Gasteiger partial charge is 0.453 e. The van der Waals surface area contributed by atoms with Crippen molar-refractivity contribution in [3.05, 3.63) is 137 Å². The molecule has 5 aromatic rings. The fourth-order valence-corrected chi connectivity index (χ4v) is 7.27. The fraction of sp³-hybridized carbons (Fsp3) is 0.256. The second-order valence-electron chi connectivity index (χ2n) is 11.9. The second kappa shape index (κ2) is 16.8. The topological polar surface area (TPSA) is 102 Å². The van der Waals surface area contributed by atoms with Crippen LogP contribution in [-0.2, 0) is 20.7 Å². The molecule has 2 amide bonds. The van der Waals surface area contributed by atoms with E-state index in [2.05, 4.69) is 20.9 Å². The van der Waals surface area contributed by atoms with Gasteiger partial charge in [0.25, 0.3) is 0 Å². The highest BCUT2D eigenvalue weighted by Crippen LogP contribution is 2.34. The molecule has 4 aromatic carbocycles. The molecule has 0 radical (unpaired) electrons. The monoisotopic (exact) mass is 694 g/mol. The molecular formula is C39H39ClN4O4S. The van der Waals surface area contributed by atoms with Gasteiger partial charge in [0.15, 0.2) is 0 Å². The Hall–Kier alpha value is -4.41. The van der Waals surface area contributed by atoms with Crippen molar-refractivity contribution in [1.29, 1.82) is 0 Å². The van der Waals surface area contributed by atoms with Gasteiger partial charge in [0.2, 0.25) is 5.91 Å². The van der Waals surface area contributed by atoms with E-state index in [1.807, 2.05) is 109 Å². The van der Waals surface area contributed by atoms with Crippen LogP contribution in [0.5, 0.6) is 0 Å². The number of alkyl carbamates (subject to hydrolysis) is 1. The zero-order chi connectivity index (χ0) is 34.0. The number of nitrogens with zero attached hydrogens (tertiary/aromatic N) is 1. The van der Waals surface area contributed by atoms with E-state index >= 15 is 0 Å². The van der Waals surface area contributed by atoms with Gasteiger partial charge in [0.1, 0.15) is 6.04 Å². The molecule has 4 atom stereocenters. The van der Waals surface area contributed by atoms with E-state index in [1.165, 1.54) is 7.11 Å². The van der Waals surface area contributed by atoms with Crippen molar-refractivity contribution in [2.45, 2.75) is 41.9 Å². The van der Waals surface area contributed by atoms with Gasteiger partial charge in [0, 0.05) is 51.9 Å². The van der Waals surface area contributed by atoms with Crippen LogP contribution in [0.2, 0.25) is 5.02 Å². The van der Waals surface area contributed by atoms with Crippen molar-refractivity contribution >= 4 is 52.0 Å². The molecular weight excluding hydrogens is 656 g/mol. The standard InChI is InChI=1S/C39H39ClN4O4S/c1-47-39(46)44-37(36(27-10-3-2-4-11-27)33-21-22-42-35-14-8-6-12-32(33)35)38(45)43-34-13-7-5-9-26(34)15-18-29-23-41-24-30(48-29)25-49-31-19-16-28(40)17-20-31/h2-14,16-17,19-22,29-30,36-37,41H,15,18,23-25H2,1H3,(H,43,45)(H,44,46)/t29-,30+,36+,37+/m1/s1. The first-order chi connectivity index (χ1) is 24.0. The number of hydrogen-bond donors (Lipinski definition) is 3. The number of pyridine rings is 1. The Balaban J connectivity index is 1.20. The minimum Gasteiger partial charge on any atom is -0.453 e. The number of benzene rings is 4.